The quantitative estimate of drug-likeness (QED) is 0.409. The molecule has 0 aliphatic carbocycles. The third-order valence-corrected chi connectivity index (χ3v) is 2.69. The Balaban J connectivity index is 0. The predicted octanol–water partition coefficient (Wildman–Crippen LogP) is -0.300. The van der Waals surface area contributed by atoms with Gasteiger partial charge >= 0.3 is 29.6 Å². The van der Waals surface area contributed by atoms with Crippen molar-refractivity contribution in [2.75, 3.05) is 0 Å². The number of carbonyl (C=O) groups is 1. The van der Waals surface area contributed by atoms with E-state index in [9.17, 15) is 13.2 Å². The maximum absolute atomic E-state index is 11.0. The normalized spacial score (nSPS) is 10.6. The number of amides is 1. The molecule has 7 heteroatoms. The van der Waals surface area contributed by atoms with E-state index in [1.807, 2.05) is 0 Å². The zero-order valence-electron chi connectivity index (χ0n) is 7.83. The number of nitrogens with one attached hydrogen (secondary N) is 1. The van der Waals surface area contributed by atoms with Gasteiger partial charge in [0.15, 0.2) is 0 Å². The second-order valence-corrected chi connectivity index (χ2v) is 4.93. The molecule has 0 atom stereocenters. The first-order valence-electron chi connectivity index (χ1n) is 3.65. The Morgan fingerprint density at radius 2 is 1.86 bits per heavy atom. The van der Waals surface area contributed by atoms with Crippen LogP contribution in [0.5, 0.6) is 0 Å². The summed E-state index contributed by atoms with van der Waals surface area (Å²) in [5.41, 5.74) is 1.96. The van der Waals surface area contributed by atoms with E-state index < -0.39 is 21.3 Å². The molecule has 0 unspecified atom stereocenters. The molecule has 0 radical (unpaired) electrons. The van der Waals surface area contributed by atoms with Crippen molar-refractivity contribution in [2.45, 2.75) is 26.0 Å². The topological polar surface area (TPSA) is 72.5 Å². The van der Waals surface area contributed by atoms with E-state index in [1.54, 1.807) is 5.48 Å². The van der Waals surface area contributed by atoms with Crippen molar-refractivity contribution in [3.05, 3.63) is 12.2 Å². The zero-order valence-corrected chi connectivity index (χ0v) is 8.64. The van der Waals surface area contributed by atoms with Crippen molar-refractivity contribution >= 4 is 45.6 Å². The molecule has 0 rings (SSSR count). The van der Waals surface area contributed by atoms with Crippen LogP contribution in [0.4, 0.5) is 0 Å². The molecule has 0 heterocycles. The van der Waals surface area contributed by atoms with Crippen molar-refractivity contribution in [3.63, 3.8) is 0 Å². The summed E-state index contributed by atoms with van der Waals surface area (Å²) in [4.78, 5) is 10.8. The molecule has 0 aliphatic heterocycles. The molecular weight excluding hydrogens is 217 g/mol. The monoisotopic (exact) mass is 231 g/mol. The molecule has 78 valence electrons. The van der Waals surface area contributed by atoms with Crippen LogP contribution in [0.2, 0.25) is 0 Å². The summed E-state index contributed by atoms with van der Waals surface area (Å²) in [6, 6.07) is 0. The molecule has 0 spiro atoms. The molecule has 0 aliphatic rings. The van der Waals surface area contributed by atoms with E-state index in [1.165, 1.54) is 20.8 Å². The summed E-state index contributed by atoms with van der Waals surface area (Å²) in [5, 5.41) is -0.696. The molecule has 0 aromatic rings. The Hall–Kier alpha value is 0.120. The van der Waals surface area contributed by atoms with E-state index in [4.69, 9.17) is 0 Å². The third kappa shape index (κ3) is 5.77. The maximum atomic E-state index is 11.0. The predicted molar refractivity (Wildman–Crippen MR) is 55.2 cm³/mol. The number of rotatable bonds is 4. The van der Waals surface area contributed by atoms with E-state index in [0.29, 0.717) is 0 Å². The van der Waals surface area contributed by atoms with E-state index in [2.05, 4.69) is 10.9 Å². The van der Waals surface area contributed by atoms with Gasteiger partial charge in [0, 0.05) is 5.57 Å². The van der Waals surface area contributed by atoms with Crippen molar-refractivity contribution in [1.82, 2.24) is 5.48 Å². The summed E-state index contributed by atoms with van der Waals surface area (Å²) < 4.78 is 26.2. The van der Waals surface area contributed by atoms with Crippen LogP contribution in [0.25, 0.3) is 0 Å². The van der Waals surface area contributed by atoms with Gasteiger partial charge in [-0.15, -0.1) is 4.28 Å². The van der Waals surface area contributed by atoms with E-state index in [-0.39, 0.29) is 35.1 Å². The van der Waals surface area contributed by atoms with Gasteiger partial charge in [0.2, 0.25) is 0 Å². The van der Waals surface area contributed by atoms with E-state index >= 15 is 0 Å². The molecule has 1 amide bonds. The van der Waals surface area contributed by atoms with E-state index in [0.717, 1.165) is 0 Å². The summed E-state index contributed by atoms with van der Waals surface area (Å²) >= 11 is 0. The third-order valence-electron chi connectivity index (χ3n) is 1.22. The van der Waals surface area contributed by atoms with Crippen molar-refractivity contribution < 1.29 is 17.5 Å². The standard InChI is InChI=1S/C7H13NO4S.Na.H/c1-5(2)7(9)8-12-13(10,11)6(3)4;;/h6H,1H2,2-4H3,(H,8,9);;. The Morgan fingerprint density at radius 1 is 1.43 bits per heavy atom. The molecule has 0 aromatic carbocycles. The van der Waals surface area contributed by atoms with Crippen molar-refractivity contribution in [1.29, 1.82) is 0 Å². The number of hydrogen-bond donors (Lipinski definition) is 1. The van der Waals surface area contributed by atoms with Gasteiger partial charge in [0.1, 0.15) is 0 Å². The average Bonchev–Trinajstić information content (AvgIpc) is 1.99. The molecule has 1 N–H and O–H groups in total. The molecule has 0 saturated carbocycles. The van der Waals surface area contributed by atoms with Gasteiger partial charge in [-0.05, 0) is 20.8 Å². The molecule has 0 aromatic heterocycles. The summed E-state index contributed by atoms with van der Waals surface area (Å²) in [6.45, 7) is 7.65. The number of carbonyl (C=O) groups excluding carboxylic acids is 1. The average molecular weight is 231 g/mol. The number of hydrogen-bond acceptors (Lipinski definition) is 4. The zero-order chi connectivity index (χ0) is 10.6. The first-order valence-corrected chi connectivity index (χ1v) is 5.12. The van der Waals surface area contributed by atoms with Gasteiger partial charge in [-0.3, -0.25) is 4.79 Å². The minimum absolute atomic E-state index is 0. The fourth-order valence-corrected chi connectivity index (χ4v) is 0.664. The van der Waals surface area contributed by atoms with Gasteiger partial charge in [-0.25, -0.2) is 5.48 Å². The van der Waals surface area contributed by atoms with Crippen LogP contribution in [-0.4, -0.2) is 49.1 Å². The fraction of sp³-hybridized carbons (Fsp3) is 0.571. The van der Waals surface area contributed by atoms with Gasteiger partial charge in [0.25, 0.3) is 16.0 Å². The van der Waals surface area contributed by atoms with Gasteiger partial charge in [0.05, 0.1) is 5.25 Å². The molecule has 5 nitrogen and oxygen atoms in total. The van der Waals surface area contributed by atoms with Crippen LogP contribution in [0, 0.1) is 0 Å². The van der Waals surface area contributed by atoms with Crippen LogP contribution >= 0.6 is 0 Å². The SMILES string of the molecule is C=C(C)C(=O)NOS(=O)(=O)C(C)C.[NaH]. The number of hydroxylamine groups is 1. The Bertz CT molecular complexity index is 310. The summed E-state index contributed by atoms with van der Waals surface area (Å²) in [6.07, 6.45) is 0. The molecular formula is C7H14NNaO4S. The second kappa shape index (κ2) is 6.58. The Labute approximate surface area is 106 Å². The van der Waals surface area contributed by atoms with Crippen LogP contribution < -0.4 is 5.48 Å². The molecule has 14 heavy (non-hydrogen) atoms. The molecule has 0 saturated heterocycles. The molecule has 0 bridgehead atoms. The second-order valence-electron chi connectivity index (χ2n) is 2.84. The molecule has 0 fully saturated rings. The Morgan fingerprint density at radius 3 is 2.14 bits per heavy atom. The summed E-state index contributed by atoms with van der Waals surface area (Å²) in [5.74, 6) is -0.649. The van der Waals surface area contributed by atoms with Crippen LogP contribution in [0.1, 0.15) is 20.8 Å². The minimum atomic E-state index is -3.70. The van der Waals surface area contributed by atoms with Gasteiger partial charge in [-0.1, -0.05) is 6.58 Å². The van der Waals surface area contributed by atoms with Gasteiger partial charge in [-0.2, -0.15) is 8.42 Å². The summed E-state index contributed by atoms with van der Waals surface area (Å²) in [7, 11) is -3.70. The van der Waals surface area contributed by atoms with Crippen molar-refractivity contribution in [2.24, 2.45) is 0 Å². The van der Waals surface area contributed by atoms with Crippen LogP contribution in [0.3, 0.4) is 0 Å². The first-order chi connectivity index (χ1) is 5.77. The first kappa shape index (κ1) is 16.5. The fourth-order valence-electron chi connectivity index (χ4n) is 0.279. The van der Waals surface area contributed by atoms with Crippen LogP contribution in [0.15, 0.2) is 12.2 Å². The van der Waals surface area contributed by atoms with Crippen molar-refractivity contribution in [3.8, 4) is 0 Å². The van der Waals surface area contributed by atoms with Gasteiger partial charge < -0.3 is 0 Å². The Kier molecular flexibility index (Phi) is 7.77. The van der Waals surface area contributed by atoms with Crippen LogP contribution in [-0.2, 0) is 19.2 Å².